The van der Waals surface area contributed by atoms with Crippen LogP contribution in [0.1, 0.15) is 26.7 Å². The van der Waals surface area contributed by atoms with Gasteiger partial charge in [-0.3, -0.25) is 0 Å². The second-order valence-electron chi connectivity index (χ2n) is 3.48. The van der Waals surface area contributed by atoms with Gasteiger partial charge in [-0.25, -0.2) is 9.59 Å². The molecule has 1 atom stereocenters. The summed E-state index contributed by atoms with van der Waals surface area (Å²) in [5.74, 6) is -1.11. The Balaban J connectivity index is 4.13. The highest BCUT2D eigenvalue weighted by Crippen LogP contribution is 1.95. The standard InChI is InChI=1S/C10H20N2O4/c1-4-7(5-2)11-10(15)12-8(6-16-3)9(13)14/h7-8H,4-6H2,1-3H3,(H,13,14)(H2,11,12,15). The van der Waals surface area contributed by atoms with Crippen molar-refractivity contribution in [1.29, 1.82) is 0 Å². The van der Waals surface area contributed by atoms with E-state index in [-0.39, 0.29) is 12.6 Å². The molecule has 6 heteroatoms. The predicted octanol–water partition coefficient (Wildman–Crippen LogP) is 0.574. The van der Waals surface area contributed by atoms with Crippen LogP contribution in [0.5, 0.6) is 0 Å². The van der Waals surface area contributed by atoms with Gasteiger partial charge in [0, 0.05) is 13.2 Å². The smallest absolute Gasteiger partial charge is 0.328 e. The third-order valence-corrected chi connectivity index (χ3v) is 2.26. The maximum absolute atomic E-state index is 11.4. The molecule has 2 amide bonds. The van der Waals surface area contributed by atoms with Gasteiger partial charge < -0.3 is 20.5 Å². The number of urea groups is 1. The molecule has 0 aliphatic heterocycles. The molecule has 0 aromatic rings. The van der Waals surface area contributed by atoms with Crippen LogP contribution < -0.4 is 10.6 Å². The lowest BCUT2D eigenvalue weighted by Gasteiger charge is -2.18. The Labute approximate surface area is 95.4 Å². The molecule has 0 spiro atoms. The SMILES string of the molecule is CCC(CC)NC(=O)NC(COC)C(=O)O. The van der Waals surface area contributed by atoms with Gasteiger partial charge in [0.2, 0.25) is 0 Å². The Morgan fingerprint density at radius 1 is 1.25 bits per heavy atom. The van der Waals surface area contributed by atoms with E-state index in [0.29, 0.717) is 0 Å². The summed E-state index contributed by atoms with van der Waals surface area (Å²) in [6, 6.07) is -1.42. The summed E-state index contributed by atoms with van der Waals surface area (Å²) in [7, 11) is 1.39. The van der Waals surface area contributed by atoms with E-state index < -0.39 is 18.0 Å². The molecule has 0 aliphatic rings. The number of ether oxygens (including phenoxy) is 1. The maximum Gasteiger partial charge on any atom is 0.328 e. The quantitative estimate of drug-likeness (QED) is 0.599. The summed E-state index contributed by atoms with van der Waals surface area (Å²) < 4.78 is 4.70. The second kappa shape index (κ2) is 7.92. The van der Waals surface area contributed by atoms with Crippen molar-refractivity contribution >= 4 is 12.0 Å². The number of hydrogen-bond acceptors (Lipinski definition) is 3. The highest BCUT2D eigenvalue weighted by Gasteiger charge is 2.20. The third-order valence-electron chi connectivity index (χ3n) is 2.26. The molecule has 0 radical (unpaired) electrons. The number of carbonyl (C=O) groups excluding carboxylic acids is 1. The van der Waals surface area contributed by atoms with Crippen molar-refractivity contribution in [1.82, 2.24) is 10.6 Å². The van der Waals surface area contributed by atoms with Crippen LogP contribution in [0.4, 0.5) is 4.79 Å². The van der Waals surface area contributed by atoms with E-state index in [9.17, 15) is 9.59 Å². The van der Waals surface area contributed by atoms with Gasteiger partial charge in [-0.2, -0.15) is 0 Å². The molecule has 0 saturated heterocycles. The van der Waals surface area contributed by atoms with Gasteiger partial charge in [-0.05, 0) is 12.8 Å². The Kier molecular flexibility index (Phi) is 7.28. The molecule has 94 valence electrons. The summed E-state index contributed by atoms with van der Waals surface area (Å²) in [5.41, 5.74) is 0. The molecule has 0 aromatic carbocycles. The van der Waals surface area contributed by atoms with Gasteiger partial charge in [-0.1, -0.05) is 13.8 Å². The molecule has 6 nitrogen and oxygen atoms in total. The summed E-state index contributed by atoms with van der Waals surface area (Å²) in [6.45, 7) is 3.86. The van der Waals surface area contributed by atoms with Crippen LogP contribution in [-0.4, -0.2) is 42.9 Å². The van der Waals surface area contributed by atoms with Crippen molar-refractivity contribution in [2.45, 2.75) is 38.8 Å². The third kappa shape index (κ3) is 5.55. The first-order valence-electron chi connectivity index (χ1n) is 5.33. The minimum atomic E-state index is -1.11. The first-order valence-corrected chi connectivity index (χ1v) is 5.33. The lowest BCUT2D eigenvalue weighted by molar-refractivity contribution is -0.140. The first-order chi connectivity index (χ1) is 7.54. The van der Waals surface area contributed by atoms with Crippen LogP contribution in [0, 0.1) is 0 Å². The average Bonchev–Trinajstić information content (AvgIpc) is 2.25. The van der Waals surface area contributed by atoms with Gasteiger partial charge in [0.25, 0.3) is 0 Å². The van der Waals surface area contributed by atoms with Gasteiger partial charge in [0.15, 0.2) is 6.04 Å². The van der Waals surface area contributed by atoms with Crippen LogP contribution >= 0.6 is 0 Å². The maximum atomic E-state index is 11.4. The minimum Gasteiger partial charge on any atom is -0.480 e. The van der Waals surface area contributed by atoms with E-state index in [1.165, 1.54) is 7.11 Å². The summed E-state index contributed by atoms with van der Waals surface area (Å²) >= 11 is 0. The van der Waals surface area contributed by atoms with Crippen LogP contribution in [0.2, 0.25) is 0 Å². The fourth-order valence-corrected chi connectivity index (χ4v) is 1.22. The molecule has 0 fully saturated rings. The number of aliphatic carboxylic acids is 1. The van der Waals surface area contributed by atoms with E-state index in [4.69, 9.17) is 9.84 Å². The van der Waals surface area contributed by atoms with E-state index >= 15 is 0 Å². The summed E-state index contributed by atoms with van der Waals surface area (Å²) in [5, 5.41) is 13.8. The zero-order valence-corrected chi connectivity index (χ0v) is 9.95. The van der Waals surface area contributed by atoms with E-state index in [1.54, 1.807) is 0 Å². The predicted molar refractivity (Wildman–Crippen MR) is 59.3 cm³/mol. The monoisotopic (exact) mass is 232 g/mol. The number of methoxy groups -OCH3 is 1. The van der Waals surface area contributed by atoms with Crippen LogP contribution in [0.25, 0.3) is 0 Å². The molecule has 3 N–H and O–H groups in total. The van der Waals surface area contributed by atoms with Gasteiger partial charge >= 0.3 is 12.0 Å². The zero-order chi connectivity index (χ0) is 12.6. The first kappa shape index (κ1) is 14.7. The second-order valence-corrected chi connectivity index (χ2v) is 3.48. The molecule has 16 heavy (non-hydrogen) atoms. The summed E-state index contributed by atoms with van der Waals surface area (Å²) in [6.07, 6.45) is 1.62. The molecular weight excluding hydrogens is 212 g/mol. The van der Waals surface area contributed by atoms with Crippen molar-refractivity contribution in [3.05, 3.63) is 0 Å². The minimum absolute atomic E-state index is 0.0499. The molecule has 0 aromatic heterocycles. The average molecular weight is 232 g/mol. The van der Waals surface area contributed by atoms with Crippen molar-refractivity contribution in [3.8, 4) is 0 Å². The van der Waals surface area contributed by atoms with Crippen LogP contribution in [0.3, 0.4) is 0 Å². The molecule has 0 saturated carbocycles. The number of carboxylic acid groups (broad SMARTS) is 1. The van der Waals surface area contributed by atoms with Crippen molar-refractivity contribution < 1.29 is 19.4 Å². The molecule has 0 rings (SSSR count). The highest BCUT2D eigenvalue weighted by molar-refractivity contribution is 5.82. The molecule has 0 bridgehead atoms. The summed E-state index contributed by atoms with van der Waals surface area (Å²) in [4.78, 5) is 22.1. The fourth-order valence-electron chi connectivity index (χ4n) is 1.22. The van der Waals surface area contributed by atoms with E-state index in [1.807, 2.05) is 13.8 Å². The normalized spacial score (nSPS) is 12.2. The number of carbonyl (C=O) groups is 2. The zero-order valence-electron chi connectivity index (χ0n) is 9.95. The number of rotatable bonds is 7. The van der Waals surface area contributed by atoms with Crippen LogP contribution in [0.15, 0.2) is 0 Å². The molecule has 0 aliphatic carbocycles. The van der Waals surface area contributed by atoms with Gasteiger partial charge in [0.05, 0.1) is 6.61 Å². The van der Waals surface area contributed by atoms with Crippen molar-refractivity contribution in [2.24, 2.45) is 0 Å². The van der Waals surface area contributed by atoms with E-state index in [0.717, 1.165) is 12.8 Å². The van der Waals surface area contributed by atoms with Crippen LogP contribution in [-0.2, 0) is 9.53 Å². The number of carboxylic acids is 1. The Morgan fingerprint density at radius 2 is 1.81 bits per heavy atom. The highest BCUT2D eigenvalue weighted by atomic mass is 16.5. The van der Waals surface area contributed by atoms with Gasteiger partial charge in [0.1, 0.15) is 0 Å². The Morgan fingerprint density at radius 3 is 2.19 bits per heavy atom. The van der Waals surface area contributed by atoms with Crippen molar-refractivity contribution in [3.63, 3.8) is 0 Å². The lowest BCUT2D eigenvalue weighted by Crippen LogP contribution is -2.50. The fraction of sp³-hybridized carbons (Fsp3) is 0.800. The number of nitrogens with one attached hydrogen (secondary N) is 2. The topological polar surface area (TPSA) is 87.7 Å². The lowest BCUT2D eigenvalue weighted by atomic mass is 10.2. The largest absolute Gasteiger partial charge is 0.480 e. The Hall–Kier alpha value is -1.30. The molecule has 1 unspecified atom stereocenters. The molecule has 0 heterocycles. The van der Waals surface area contributed by atoms with Crippen molar-refractivity contribution in [2.75, 3.05) is 13.7 Å². The number of hydrogen-bond donors (Lipinski definition) is 3. The molecular formula is C10H20N2O4. The van der Waals surface area contributed by atoms with E-state index in [2.05, 4.69) is 10.6 Å². The Bertz CT molecular complexity index is 229. The number of amides is 2. The van der Waals surface area contributed by atoms with Gasteiger partial charge in [-0.15, -0.1) is 0 Å².